The molecule has 0 radical (unpaired) electrons. The zero-order valence-corrected chi connectivity index (χ0v) is 12.2. The second-order valence-electron chi connectivity index (χ2n) is 5.95. The van der Waals surface area contributed by atoms with Gasteiger partial charge in [0.05, 0.1) is 5.41 Å². The largest absolute Gasteiger partial charge is 0.481 e. The summed E-state index contributed by atoms with van der Waals surface area (Å²) < 4.78 is 0. The Kier molecular flexibility index (Phi) is 5.79. The minimum atomic E-state index is -0.820. The van der Waals surface area contributed by atoms with Gasteiger partial charge < -0.3 is 15.7 Å². The number of carbonyl (C=O) groups is 2. The maximum atomic E-state index is 11.9. The number of hydrogen-bond donors (Lipinski definition) is 3. The van der Waals surface area contributed by atoms with Crippen molar-refractivity contribution in [3.05, 3.63) is 0 Å². The fourth-order valence-corrected chi connectivity index (χ4v) is 2.56. The Balaban J connectivity index is 2.49. The van der Waals surface area contributed by atoms with Gasteiger partial charge in [0.1, 0.15) is 0 Å². The molecule has 2 unspecified atom stereocenters. The first-order valence-corrected chi connectivity index (χ1v) is 7.12. The molecule has 1 rings (SSSR count). The first-order valence-electron chi connectivity index (χ1n) is 7.12. The van der Waals surface area contributed by atoms with Crippen molar-refractivity contribution in [1.29, 1.82) is 0 Å². The van der Waals surface area contributed by atoms with E-state index in [0.29, 0.717) is 25.4 Å². The molecule has 0 saturated heterocycles. The molecule has 0 bridgehead atoms. The molecule has 0 aromatic carbocycles. The van der Waals surface area contributed by atoms with Gasteiger partial charge >= 0.3 is 5.97 Å². The van der Waals surface area contributed by atoms with Crippen molar-refractivity contribution in [2.75, 3.05) is 6.54 Å². The van der Waals surface area contributed by atoms with E-state index in [-0.39, 0.29) is 11.9 Å². The van der Waals surface area contributed by atoms with Gasteiger partial charge in [0.15, 0.2) is 0 Å². The minimum Gasteiger partial charge on any atom is -0.481 e. The van der Waals surface area contributed by atoms with Crippen LogP contribution < -0.4 is 10.6 Å². The van der Waals surface area contributed by atoms with Crippen molar-refractivity contribution in [2.24, 2.45) is 5.41 Å². The third kappa shape index (κ3) is 4.49. The number of carboxylic acids is 1. The number of amides is 1. The summed E-state index contributed by atoms with van der Waals surface area (Å²) in [7, 11) is 0. The van der Waals surface area contributed by atoms with Crippen LogP contribution >= 0.6 is 0 Å². The van der Waals surface area contributed by atoms with Crippen LogP contribution in [0, 0.1) is 5.41 Å². The molecule has 0 heterocycles. The number of aliphatic carboxylic acids is 1. The van der Waals surface area contributed by atoms with Gasteiger partial charge in [0.25, 0.3) is 0 Å². The fraction of sp³-hybridized carbons (Fsp3) is 0.857. The molecule has 2 atom stereocenters. The lowest BCUT2D eigenvalue weighted by Gasteiger charge is -2.38. The Morgan fingerprint density at radius 1 is 1.37 bits per heavy atom. The number of rotatable bonds is 6. The molecule has 110 valence electrons. The highest BCUT2D eigenvalue weighted by Crippen LogP contribution is 2.36. The summed E-state index contributed by atoms with van der Waals surface area (Å²) in [4.78, 5) is 23.3. The highest BCUT2D eigenvalue weighted by atomic mass is 16.4. The van der Waals surface area contributed by atoms with Crippen molar-refractivity contribution in [3.8, 4) is 0 Å². The summed E-state index contributed by atoms with van der Waals surface area (Å²) in [6, 6.07) is 0.108. The van der Waals surface area contributed by atoms with Crippen LogP contribution in [0.15, 0.2) is 0 Å². The van der Waals surface area contributed by atoms with Crippen LogP contribution in [-0.4, -0.2) is 35.6 Å². The van der Waals surface area contributed by atoms with Gasteiger partial charge in [-0.3, -0.25) is 9.59 Å². The van der Waals surface area contributed by atoms with Crippen LogP contribution in [-0.2, 0) is 9.59 Å². The SMILES string of the molecule is CC(C)NCCC(=O)NC1CCCCC1(C)C(=O)O. The van der Waals surface area contributed by atoms with Crippen molar-refractivity contribution in [2.45, 2.75) is 65.0 Å². The third-order valence-electron chi connectivity index (χ3n) is 3.94. The zero-order chi connectivity index (χ0) is 14.5. The fourth-order valence-electron chi connectivity index (χ4n) is 2.56. The van der Waals surface area contributed by atoms with Gasteiger partial charge in [0, 0.05) is 25.0 Å². The Morgan fingerprint density at radius 3 is 2.63 bits per heavy atom. The van der Waals surface area contributed by atoms with Crippen molar-refractivity contribution in [1.82, 2.24) is 10.6 Å². The van der Waals surface area contributed by atoms with Crippen molar-refractivity contribution >= 4 is 11.9 Å². The molecule has 5 heteroatoms. The maximum Gasteiger partial charge on any atom is 0.311 e. The smallest absolute Gasteiger partial charge is 0.311 e. The van der Waals surface area contributed by atoms with Crippen molar-refractivity contribution < 1.29 is 14.7 Å². The molecule has 1 aliphatic rings. The van der Waals surface area contributed by atoms with E-state index in [0.717, 1.165) is 19.3 Å². The Morgan fingerprint density at radius 2 is 2.05 bits per heavy atom. The first kappa shape index (κ1) is 16.0. The molecular formula is C14H26N2O3. The standard InChI is InChI=1S/C14H26N2O3/c1-10(2)15-9-7-12(17)16-11-6-4-5-8-14(11,3)13(18)19/h10-11,15H,4-9H2,1-3H3,(H,16,17)(H,18,19). The number of hydrogen-bond acceptors (Lipinski definition) is 3. The first-order chi connectivity index (χ1) is 8.86. The molecule has 0 aromatic heterocycles. The van der Waals surface area contributed by atoms with Gasteiger partial charge in [-0.15, -0.1) is 0 Å². The number of carbonyl (C=O) groups excluding carboxylic acids is 1. The van der Waals surface area contributed by atoms with Crippen LogP contribution in [0.3, 0.4) is 0 Å². The lowest BCUT2D eigenvalue weighted by atomic mass is 9.71. The van der Waals surface area contributed by atoms with E-state index < -0.39 is 11.4 Å². The summed E-state index contributed by atoms with van der Waals surface area (Å²) in [5.74, 6) is -0.870. The zero-order valence-electron chi connectivity index (χ0n) is 12.2. The minimum absolute atomic E-state index is 0.0625. The van der Waals surface area contributed by atoms with Crippen LogP contribution in [0.2, 0.25) is 0 Å². The molecule has 3 N–H and O–H groups in total. The quantitative estimate of drug-likeness (QED) is 0.684. The molecule has 0 spiro atoms. The molecule has 19 heavy (non-hydrogen) atoms. The number of nitrogens with one attached hydrogen (secondary N) is 2. The van der Waals surface area contributed by atoms with Gasteiger partial charge in [-0.1, -0.05) is 26.7 Å². The third-order valence-corrected chi connectivity index (χ3v) is 3.94. The summed E-state index contributed by atoms with van der Waals surface area (Å²) in [6.45, 7) is 6.42. The molecule has 1 fully saturated rings. The Bertz CT molecular complexity index is 331. The second-order valence-corrected chi connectivity index (χ2v) is 5.95. The summed E-state index contributed by atoms with van der Waals surface area (Å²) in [6.07, 6.45) is 3.69. The molecule has 1 saturated carbocycles. The van der Waals surface area contributed by atoms with Gasteiger partial charge in [-0.2, -0.15) is 0 Å². The van der Waals surface area contributed by atoms with Crippen LogP contribution in [0.4, 0.5) is 0 Å². The molecule has 5 nitrogen and oxygen atoms in total. The van der Waals surface area contributed by atoms with Gasteiger partial charge in [-0.05, 0) is 19.8 Å². The van der Waals surface area contributed by atoms with E-state index in [1.165, 1.54) is 0 Å². The second kappa shape index (κ2) is 6.89. The molecule has 0 aromatic rings. The van der Waals surface area contributed by atoms with E-state index >= 15 is 0 Å². The van der Waals surface area contributed by atoms with Gasteiger partial charge in [-0.25, -0.2) is 0 Å². The lowest BCUT2D eigenvalue weighted by molar-refractivity contribution is -0.152. The highest BCUT2D eigenvalue weighted by Gasteiger charge is 2.43. The Hall–Kier alpha value is -1.10. The normalized spacial score (nSPS) is 27.3. The van der Waals surface area contributed by atoms with Crippen LogP contribution in [0.5, 0.6) is 0 Å². The topological polar surface area (TPSA) is 78.4 Å². The lowest BCUT2D eigenvalue weighted by Crippen LogP contribution is -2.52. The summed E-state index contributed by atoms with van der Waals surface area (Å²) in [5.41, 5.74) is -0.820. The van der Waals surface area contributed by atoms with Crippen molar-refractivity contribution in [3.63, 3.8) is 0 Å². The molecule has 0 aliphatic heterocycles. The highest BCUT2D eigenvalue weighted by molar-refractivity contribution is 5.80. The molecule has 1 aliphatic carbocycles. The monoisotopic (exact) mass is 270 g/mol. The van der Waals surface area contributed by atoms with Crippen LogP contribution in [0.25, 0.3) is 0 Å². The average Bonchev–Trinajstić information content (AvgIpc) is 2.31. The van der Waals surface area contributed by atoms with E-state index in [4.69, 9.17) is 0 Å². The predicted octanol–water partition coefficient (Wildman–Crippen LogP) is 1.52. The number of carboxylic acid groups (broad SMARTS) is 1. The maximum absolute atomic E-state index is 11.9. The average molecular weight is 270 g/mol. The van der Waals surface area contributed by atoms with E-state index in [9.17, 15) is 14.7 Å². The van der Waals surface area contributed by atoms with Crippen LogP contribution in [0.1, 0.15) is 52.9 Å². The molecule has 1 amide bonds. The van der Waals surface area contributed by atoms with E-state index in [2.05, 4.69) is 10.6 Å². The Labute approximate surface area is 115 Å². The summed E-state index contributed by atoms with van der Waals surface area (Å²) in [5, 5.41) is 15.5. The predicted molar refractivity (Wildman–Crippen MR) is 73.9 cm³/mol. The van der Waals surface area contributed by atoms with E-state index in [1.807, 2.05) is 13.8 Å². The summed E-state index contributed by atoms with van der Waals surface area (Å²) >= 11 is 0. The molecular weight excluding hydrogens is 244 g/mol. The van der Waals surface area contributed by atoms with E-state index in [1.54, 1.807) is 6.92 Å². The van der Waals surface area contributed by atoms with Gasteiger partial charge in [0.2, 0.25) is 5.91 Å².